The van der Waals surface area contributed by atoms with Gasteiger partial charge in [-0.05, 0) is 25.5 Å². The van der Waals surface area contributed by atoms with E-state index in [4.69, 9.17) is 0 Å². The van der Waals surface area contributed by atoms with E-state index in [0.29, 0.717) is 29.3 Å². The number of nitrogens with zero attached hydrogens (tertiary/aromatic N) is 3. The quantitative estimate of drug-likeness (QED) is 0.401. The van der Waals surface area contributed by atoms with Gasteiger partial charge in [-0.15, -0.1) is 5.70 Å². The largest absolute Gasteiger partial charge is 1.00 e. The Kier molecular flexibility index (Phi) is 20.5. The van der Waals surface area contributed by atoms with Gasteiger partial charge in [-0.1, -0.05) is 48.5 Å². The maximum atomic E-state index is 11.9. The minimum Gasteiger partial charge on any atom is -0.623 e. The summed E-state index contributed by atoms with van der Waals surface area (Å²) in [5, 5.41) is 7.11. The number of allylic oxidation sites excluding steroid dienone is 1. The van der Waals surface area contributed by atoms with E-state index in [9.17, 15) is 4.79 Å². The normalized spacial score (nSPS) is 11.6. The van der Waals surface area contributed by atoms with E-state index in [1.165, 1.54) is 0 Å². The molecule has 0 spiro atoms. The first-order valence-corrected chi connectivity index (χ1v) is 8.46. The van der Waals surface area contributed by atoms with Crippen LogP contribution in [0.2, 0.25) is 0 Å². The molecule has 0 saturated carbocycles. The van der Waals surface area contributed by atoms with Gasteiger partial charge >= 0.3 is 22.4 Å². The summed E-state index contributed by atoms with van der Waals surface area (Å²) < 4.78 is 0. The molecule has 0 radical (unpaired) electrons. The van der Waals surface area contributed by atoms with Gasteiger partial charge in [-0.2, -0.15) is 0 Å². The molecule has 0 aliphatic carbocycles. The Balaban J connectivity index is -0.000000569. The van der Waals surface area contributed by atoms with Gasteiger partial charge in [0.2, 0.25) is 0 Å². The van der Waals surface area contributed by atoms with Crippen LogP contribution in [-0.4, -0.2) is 17.1 Å². The summed E-state index contributed by atoms with van der Waals surface area (Å²) in [6, 6.07) is 3.42. The summed E-state index contributed by atoms with van der Waals surface area (Å²) in [4.78, 5) is 20.2. The van der Waals surface area contributed by atoms with E-state index in [1.54, 1.807) is 24.5 Å². The van der Waals surface area contributed by atoms with Gasteiger partial charge in [0.15, 0.2) is 0 Å². The van der Waals surface area contributed by atoms with Crippen molar-refractivity contribution in [2.45, 2.75) is 61.8 Å². The third-order valence-corrected chi connectivity index (χ3v) is 2.38. The summed E-state index contributed by atoms with van der Waals surface area (Å²) in [6.45, 7) is 15.7. The number of rotatable bonds is 2. The Labute approximate surface area is 163 Å². The fourth-order valence-electron chi connectivity index (χ4n) is 1.58. The van der Waals surface area contributed by atoms with Crippen LogP contribution in [-0.2, 0) is 22.4 Å². The molecule has 0 fully saturated rings. The van der Waals surface area contributed by atoms with E-state index in [2.05, 4.69) is 20.6 Å². The second kappa shape index (κ2) is 17.9. The summed E-state index contributed by atoms with van der Waals surface area (Å²) in [6.07, 6.45) is 3.93. The van der Waals surface area contributed by atoms with Crippen molar-refractivity contribution in [1.29, 1.82) is 0 Å². The molecule has 6 heteroatoms. The number of pyridine rings is 1. The Morgan fingerprint density at radius 1 is 1.21 bits per heavy atom. The zero-order valence-electron chi connectivity index (χ0n) is 16.1. The van der Waals surface area contributed by atoms with Crippen molar-refractivity contribution in [2.75, 3.05) is 5.32 Å². The number of carbonyl (C=O) groups is 1. The number of amides is 1. The van der Waals surface area contributed by atoms with Crippen molar-refractivity contribution in [3.05, 3.63) is 40.7 Å². The van der Waals surface area contributed by atoms with Crippen LogP contribution in [0.3, 0.4) is 0 Å². The van der Waals surface area contributed by atoms with Crippen LogP contribution in [0.1, 0.15) is 72.2 Å². The maximum absolute atomic E-state index is 11.9. The van der Waals surface area contributed by atoms with Crippen LogP contribution < -0.4 is 5.32 Å². The number of hydrogen-bond acceptors (Lipinski definition) is 4. The van der Waals surface area contributed by atoms with Crippen LogP contribution in [0, 0.1) is 0 Å². The van der Waals surface area contributed by atoms with Gasteiger partial charge in [0.1, 0.15) is 11.6 Å². The molecule has 0 unspecified atom stereocenters. The zero-order valence-corrected chi connectivity index (χ0v) is 18.2. The molecule has 1 aliphatic rings. The Bertz CT molecular complexity index is 513. The smallest absolute Gasteiger partial charge is 0.623 e. The van der Waals surface area contributed by atoms with Gasteiger partial charge in [-0.3, -0.25) is 0 Å². The summed E-state index contributed by atoms with van der Waals surface area (Å²) >= 11 is 0. The van der Waals surface area contributed by atoms with Crippen molar-refractivity contribution in [1.82, 2.24) is 4.98 Å². The first-order valence-electron chi connectivity index (χ1n) is 8.46. The van der Waals surface area contributed by atoms with Crippen molar-refractivity contribution in [3.63, 3.8) is 0 Å². The Hall–Kier alpha value is -1.43. The topological polar surface area (TPSA) is 68.5 Å². The molecule has 140 valence electrons. The van der Waals surface area contributed by atoms with Crippen LogP contribution in [0.4, 0.5) is 5.82 Å². The molecule has 1 amide bonds. The molecule has 0 bridgehead atoms. The molecule has 0 aromatic carbocycles. The molecule has 0 saturated heterocycles. The number of aromatic nitrogens is 1. The molecule has 5 nitrogen and oxygen atoms in total. The van der Waals surface area contributed by atoms with Gasteiger partial charge in [0, 0.05) is 18.0 Å². The molecule has 1 aliphatic heterocycles. The van der Waals surface area contributed by atoms with E-state index in [1.807, 2.05) is 55.4 Å². The van der Waals surface area contributed by atoms with Crippen molar-refractivity contribution >= 4 is 17.9 Å². The second-order valence-corrected chi connectivity index (χ2v) is 3.48. The molecule has 0 atom stereocenters. The third kappa shape index (κ3) is 8.43. The average molecular weight is 516 g/mol. The first kappa shape index (κ1) is 27.4. The minimum absolute atomic E-state index is 0. The van der Waals surface area contributed by atoms with Crippen LogP contribution in [0.25, 0.3) is 5.32 Å². The zero-order chi connectivity index (χ0) is 18.3. The van der Waals surface area contributed by atoms with Gasteiger partial charge in [0.25, 0.3) is 0 Å². The second-order valence-electron chi connectivity index (χ2n) is 3.48. The fraction of sp³-hybridized carbons (Fsp3) is 0.500. The van der Waals surface area contributed by atoms with Crippen molar-refractivity contribution < 1.29 is 27.2 Å². The third-order valence-electron chi connectivity index (χ3n) is 2.38. The minimum atomic E-state index is -0.279. The molecular weight excluding hydrogens is 485 g/mol. The first-order chi connectivity index (χ1) is 11.3. The van der Waals surface area contributed by atoms with E-state index >= 15 is 0 Å². The summed E-state index contributed by atoms with van der Waals surface area (Å²) in [5.74, 6) is 0.810. The fourth-order valence-corrected chi connectivity index (χ4v) is 1.58. The van der Waals surface area contributed by atoms with Gasteiger partial charge in [0.05, 0.1) is 5.91 Å². The summed E-state index contributed by atoms with van der Waals surface area (Å²) in [7, 11) is 0. The summed E-state index contributed by atoms with van der Waals surface area (Å²) in [5.41, 5.74) is 1.12. The number of anilines is 1. The molecule has 1 aromatic rings. The molecule has 1 aromatic heterocycles. The van der Waals surface area contributed by atoms with E-state index in [0.717, 1.165) is 0 Å². The number of carbonyl (C=O) groups excluding carboxylic acids is 1. The molecular formula is C18H31AuN4O. The monoisotopic (exact) mass is 516 g/mol. The molecule has 24 heavy (non-hydrogen) atoms. The van der Waals surface area contributed by atoms with Gasteiger partial charge < -0.3 is 15.4 Å². The SMILES string of the molecule is C/C=N\C1=C(CC)[N-]C(=O)c2cccnc2N1.CC.CC.CC.[Au+]. The van der Waals surface area contributed by atoms with Crippen molar-refractivity contribution in [3.8, 4) is 0 Å². The number of aliphatic imine (C=N–C) groups is 1. The molecule has 2 rings (SSSR count). The maximum Gasteiger partial charge on any atom is 1.00 e. The van der Waals surface area contributed by atoms with Gasteiger partial charge in [-0.25, -0.2) is 9.98 Å². The Morgan fingerprint density at radius 3 is 2.29 bits per heavy atom. The average Bonchev–Trinajstić information content (AvgIpc) is 2.77. The van der Waals surface area contributed by atoms with Crippen molar-refractivity contribution in [2.24, 2.45) is 4.99 Å². The van der Waals surface area contributed by atoms with E-state index in [-0.39, 0.29) is 28.3 Å². The van der Waals surface area contributed by atoms with Crippen LogP contribution in [0.5, 0.6) is 0 Å². The van der Waals surface area contributed by atoms with E-state index < -0.39 is 0 Å². The standard InChI is InChI=1S/C12H14N4O.3C2H6.Au/c1-3-9-11(13-4-2)16-10-8(12(17)15-9)6-5-7-14-10;3*1-2;/h4-7H,3H2,1-2H3,(H2,14,15,16,17);3*1-2H3;/q;;;;+1/p-1/b13-4-;;;;. The van der Waals surface area contributed by atoms with Crippen LogP contribution >= 0.6 is 0 Å². The number of hydrogen-bond donors (Lipinski definition) is 1. The predicted molar refractivity (Wildman–Crippen MR) is 101 cm³/mol. The molecule has 2 heterocycles. The Morgan fingerprint density at radius 2 is 1.79 bits per heavy atom. The van der Waals surface area contributed by atoms with Crippen LogP contribution in [0.15, 0.2) is 34.8 Å². The predicted octanol–water partition coefficient (Wildman–Crippen LogP) is 5.77. The number of nitrogens with one attached hydrogen (secondary N) is 1. The molecule has 1 N–H and O–H groups in total. The number of fused-ring (bicyclic) bond motifs is 1.